The first-order chi connectivity index (χ1) is 9.54. The van der Waals surface area contributed by atoms with Crippen LogP contribution in [0.1, 0.15) is 24.1 Å². The molecule has 1 atom stereocenters. The molecule has 0 spiro atoms. The van der Waals surface area contributed by atoms with Crippen molar-refractivity contribution in [1.82, 2.24) is 4.72 Å². The molecule has 0 amide bonds. The fourth-order valence-corrected chi connectivity index (χ4v) is 3.29. The number of nitrogens with one attached hydrogen (secondary N) is 1. The molecule has 0 aliphatic rings. The SMILES string of the molecule is C[C@@H](NS(=O)(=O)c1ccccc1C#N)c1ccccc1. The Balaban J connectivity index is 2.31. The zero-order chi connectivity index (χ0) is 14.6. The van der Waals surface area contributed by atoms with E-state index in [1.807, 2.05) is 36.4 Å². The van der Waals surface area contributed by atoms with Gasteiger partial charge in [-0.25, -0.2) is 13.1 Å². The van der Waals surface area contributed by atoms with E-state index in [2.05, 4.69) is 4.72 Å². The number of benzene rings is 2. The third kappa shape index (κ3) is 3.05. The van der Waals surface area contributed by atoms with Gasteiger partial charge in [0.05, 0.1) is 10.5 Å². The van der Waals surface area contributed by atoms with Gasteiger partial charge in [0, 0.05) is 6.04 Å². The lowest BCUT2D eigenvalue weighted by molar-refractivity contribution is 0.566. The predicted octanol–water partition coefficient (Wildman–Crippen LogP) is 2.60. The molecule has 5 heteroatoms. The molecular formula is C15H14N2O2S. The van der Waals surface area contributed by atoms with Crippen LogP contribution >= 0.6 is 0 Å². The third-order valence-corrected chi connectivity index (χ3v) is 4.53. The van der Waals surface area contributed by atoms with Gasteiger partial charge in [0.2, 0.25) is 10.0 Å². The Morgan fingerprint density at radius 3 is 2.30 bits per heavy atom. The largest absolute Gasteiger partial charge is 0.242 e. The van der Waals surface area contributed by atoms with Gasteiger partial charge in [0.25, 0.3) is 0 Å². The summed E-state index contributed by atoms with van der Waals surface area (Å²) in [6, 6.07) is 17.0. The van der Waals surface area contributed by atoms with Crippen molar-refractivity contribution in [1.29, 1.82) is 5.26 Å². The molecule has 0 heterocycles. The fourth-order valence-electron chi connectivity index (χ4n) is 1.90. The van der Waals surface area contributed by atoms with Gasteiger partial charge >= 0.3 is 0 Å². The molecule has 0 bridgehead atoms. The summed E-state index contributed by atoms with van der Waals surface area (Å²) in [4.78, 5) is 0.00489. The Morgan fingerprint density at radius 1 is 1.05 bits per heavy atom. The molecule has 2 aromatic rings. The summed E-state index contributed by atoms with van der Waals surface area (Å²) < 4.78 is 27.3. The Hall–Kier alpha value is -2.16. The van der Waals surface area contributed by atoms with E-state index in [1.165, 1.54) is 12.1 Å². The van der Waals surface area contributed by atoms with E-state index in [0.29, 0.717) is 0 Å². The molecule has 0 saturated heterocycles. The summed E-state index contributed by atoms with van der Waals surface area (Å²) in [6.07, 6.45) is 0. The second kappa shape index (κ2) is 5.87. The second-order valence-electron chi connectivity index (χ2n) is 4.36. The van der Waals surface area contributed by atoms with Gasteiger partial charge in [0.15, 0.2) is 0 Å². The summed E-state index contributed by atoms with van der Waals surface area (Å²) >= 11 is 0. The van der Waals surface area contributed by atoms with E-state index in [-0.39, 0.29) is 16.5 Å². The molecule has 4 nitrogen and oxygen atoms in total. The molecule has 2 rings (SSSR count). The van der Waals surface area contributed by atoms with Crippen LogP contribution in [-0.4, -0.2) is 8.42 Å². The molecule has 1 N–H and O–H groups in total. The summed E-state index contributed by atoms with van der Waals surface area (Å²) in [7, 11) is -3.72. The molecular weight excluding hydrogens is 272 g/mol. The maximum atomic E-state index is 12.3. The van der Waals surface area contributed by atoms with Crippen LogP contribution in [0.25, 0.3) is 0 Å². The van der Waals surface area contributed by atoms with Crippen LogP contribution in [-0.2, 0) is 10.0 Å². The standard InChI is InChI=1S/C15H14N2O2S/c1-12(13-7-3-2-4-8-13)17-20(18,19)15-10-6-5-9-14(15)11-16/h2-10,12,17H,1H3/t12-/m1/s1. The Bertz CT molecular complexity index is 734. The lowest BCUT2D eigenvalue weighted by Crippen LogP contribution is -2.27. The summed E-state index contributed by atoms with van der Waals surface area (Å²) in [5, 5.41) is 8.99. The van der Waals surface area contributed by atoms with E-state index < -0.39 is 10.0 Å². The van der Waals surface area contributed by atoms with Gasteiger partial charge in [-0.2, -0.15) is 5.26 Å². The highest BCUT2D eigenvalue weighted by Gasteiger charge is 2.21. The maximum Gasteiger partial charge on any atom is 0.242 e. The van der Waals surface area contributed by atoms with Crippen LogP contribution in [0.4, 0.5) is 0 Å². The van der Waals surface area contributed by atoms with Crippen LogP contribution in [0, 0.1) is 11.3 Å². The zero-order valence-corrected chi connectivity index (χ0v) is 11.8. The predicted molar refractivity (Wildman–Crippen MR) is 76.3 cm³/mol. The van der Waals surface area contributed by atoms with E-state index in [0.717, 1.165) is 5.56 Å². The van der Waals surface area contributed by atoms with Gasteiger partial charge in [-0.05, 0) is 24.6 Å². The number of sulfonamides is 1. The first-order valence-electron chi connectivity index (χ1n) is 6.11. The average Bonchev–Trinajstić information content (AvgIpc) is 2.47. The second-order valence-corrected chi connectivity index (χ2v) is 6.04. The van der Waals surface area contributed by atoms with Crippen molar-refractivity contribution < 1.29 is 8.42 Å². The highest BCUT2D eigenvalue weighted by atomic mass is 32.2. The first kappa shape index (κ1) is 14.3. The van der Waals surface area contributed by atoms with Crippen LogP contribution in [0.15, 0.2) is 59.5 Å². The monoisotopic (exact) mass is 286 g/mol. The molecule has 0 radical (unpaired) electrons. The quantitative estimate of drug-likeness (QED) is 0.939. The van der Waals surface area contributed by atoms with Gasteiger partial charge in [-0.3, -0.25) is 0 Å². The molecule has 20 heavy (non-hydrogen) atoms. The molecule has 0 fully saturated rings. The Morgan fingerprint density at radius 2 is 1.65 bits per heavy atom. The molecule has 0 aliphatic heterocycles. The van der Waals surface area contributed by atoms with Gasteiger partial charge in [-0.15, -0.1) is 0 Å². The summed E-state index contributed by atoms with van der Waals surface area (Å²) in [5.74, 6) is 0. The first-order valence-corrected chi connectivity index (χ1v) is 7.59. The molecule has 0 aromatic heterocycles. The van der Waals surface area contributed by atoms with Crippen LogP contribution in [0.3, 0.4) is 0 Å². The minimum Gasteiger partial charge on any atom is -0.207 e. The lowest BCUT2D eigenvalue weighted by atomic mass is 10.1. The molecule has 2 aromatic carbocycles. The van der Waals surface area contributed by atoms with Gasteiger partial charge < -0.3 is 0 Å². The van der Waals surface area contributed by atoms with Crippen molar-refractivity contribution in [3.63, 3.8) is 0 Å². The topological polar surface area (TPSA) is 70.0 Å². The smallest absolute Gasteiger partial charge is 0.207 e. The number of nitrogens with zero attached hydrogens (tertiary/aromatic N) is 1. The van der Waals surface area contributed by atoms with Crippen molar-refractivity contribution in [2.24, 2.45) is 0 Å². The fraction of sp³-hybridized carbons (Fsp3) is 0.133. The van der Waals surface area contributed by atoms with Crippen molar-refractivity contribution >= 4 is 10.0 Å². The average molecular weight is 286 g/mol. The third-order valence-electron chi connectivity index (χ3n) is 2.93. The molecule has 102 valence electrons. The minimum absolute atomic E-state index is 0.00489. The molecule has 0 aliphatic carbocycles. The van der Waals surface area contributed by atoms with Gasteiger partial charge in [-0.1, -0.05) is 42.5 Å². The van der Waals surface area contributed by atoms with Crippen molar-refractivity contribution in [2.75, 3.05) is 0 Å². The Labute approximate surface area is 118 Å². The van der Waals surface area contributed by atoms with Crippen LogP contribution in [0.2, 0.25) is 0 Å². The highest BCUT2D eigenvalue weighted by Crippen LogP contribution is 2.19. The molecule has 0 unspecified atom stereocenters. The van der Waals surface area contributed by atoms with Crippen molar-refractivity contribution in [3.05, 3.63) is 65.7 Å². The van der Waals surface area contributed by atoms with Gasteiger partial charge in [0.1, 0.15) is 6.07 Å². The molecule has 0 saturated carbocycles. The number of hydrogen-bond donors (Lipinski definition) is 1. The normalized spacial score (nSPS) is 12.6. The number of hydrogen-bond acceptors (Lipinski definition) is 3. The number of nitriles is 1. The highest BCUT2D eigenvalue weighted by molar-refractivity contribution is 7.89. The zero-order valence-electron chi connectivity index (χ0n) is 10.9. The lowest BCUT2D eigenvalue weighted by Gasteiger charge is -2.15. The summed E-state index contributed by atoms with van der Waals surface area (Å²) in [6.45, 7) is 1.77. The van der Waals surface area contributed by atoms with Crippen LogP contribution < -0.4 is 4.72 Å². The van der Waals surface area contributed by atoms with E-state index in [1.54, 1.807) is 19.1 Å². The van der Waals surface area contributed by atoms with E-state index in [4.69, 9.17) is 5.26 Å². The van der Waals surface area contributed by atoms with E-state index >= 15 is 0 Å². The van der Waals surface area contributed by atoms with Crippen molar-refractivity contribution in [3.8, 4) is 6.07 Å². The van der Waals surface area contributed by atoms with Crippen molar-refractivity contribution in [2.45, 2.75) is 17.9 Å². The number of rotatable bonds is 4. The van der Waals surface area contributed by atoms with Crippen LogP contribution in [0.5, 0.6) is 0 Å². The maximum absolute atomic E-state index is 12.3. The van der Waals surface area contributed by atoms with E-state index in [9.17, 15) is 8.42 Å². The Kier molecular flexibility index (Phi) is 4.18. The minimum atomic E-state index is -3.72. The summed E-state index contributed by atoms with van der Waals surface area (Å²) in [5.41, 5.74) is 1.01.